The fraction of sp³-hybridized carbons (Fsp3) is 0.200. The number of aromatic nitrogens is 3. The summed E-state index contributed by atoms with van der Waals surface area (Å²) in [5, 5.41) is 1.73. The van der Waals surface area contributed by atoms with E-state index in [0.717, 1.165) is 39.4 Å². The summed E-state index contributed by atoms with van der Waals surface area (Å²) in [6, 6.07) is 15.9. The predicted octanol–water partition coefficient (Wildman–Crippen LogP) is 4.68. The highest BCUT2D eigenvalue weighted by atomic mass is 32.2. The molecule has 126 valence electrons. The molecule has 0 bridgehead atoms. The zero-order valence-electron chi connectivity index (χ0n) is 14.2. The number of fused-ring (bicyclic) bond motifs is 3. The van der Waals surface area contributed by atoms with Gasteiger partial charge in [0.1, 0.15) is 11.0 Å². The van der Waals surface area contributed by atoms with Crippen molar-refractivity contribution in [3.8, 4) is 5.69 Å². The van der Waals surface area contributed by atoms with E-state index in [1.165, 1.54) is 5.56 Å². The Balaban J connectivity index is 2.05. The summed E-state index contributed by atoms with van der Waals surface area (Å²) in [7, 11) is 0. The maximum absolute atomic E-state index is 13.2. The first kappa shape index (κ1) is 16.0. The molecule has 0 saturated carbocycles. The van der Waals surface area contributed by atoms with Crippen LogP contribution in [0.4, 0.5) is 0 Å². The molecule has 0 fully saturated rings. The summed E-state index contributed by atoms with van der Waals surface area (Å²) in [4.78, 5) is 21.3. The molecule has 0 aliphatic rings. The lowest BCUT2D eigenvalue weighted by molar-refractivity contribution is 0.817. The number of nitrogens with zero attached hydrogens (tertiary/aromatic N) is 2. The van der Waals surface area contributed by atoms with Crippen molar-refractivity contribution in [2.75, 3.05) is 5.75 Å². The Kier molecular flexibility index (Phi) is 4.09. The number of H-pyrrole nitrogens is 1. The second kappa shape index (κ2) is 6.41. The SMILES string of the molecule is CCCSc1nc2c([nH]c3ccccc32)c(=O)n1-c1ccc(C)cc1. The number of aryl methyl sites for hydroxylation is 1. The molecule has 0 aliphatic carbocycles. The number of hydrogen-bond donors (Lipinski definition) is 1. The van der Waals surface area contributed by atoms with Crippen molar-refractivity contribution in [1.82, 2.24) is 14.5 Å². The van der Waals surface area contributed by atoms with Crippen LogP contribution in [-0.2, 0) is 0 Å². The minimum atomic E-state index is -0.0522. The molecule has 0 atom stereocenters. The van der Waals surface area contributed by atoms with Crippen LogP contribution in [0, 0.1) is 6.92 Å². The molecule has 25 heavy (non-hydrogen) atoms. The third kappa shape index (κ3) is 2.74. The first-order valence-electron chi connectivity index (χ1n) is 8.42. The van der Waals surface area contributed by atoms with Crippen LogP contribution in [-0.4, -0.2) is 20.3 Å². The van der Waals surface area contributed by atoms with Gasteiger partial charge in [-0.15, -0.1) is 0 Å². The molecule has 0 spiro atoms. The van der Waals surface area contributed by atoms with Gasteiger partial charge in [0.15, 0.2) is 5.16 Å². The Bertz CT molecular complexity index is 1110. The molecule has 0 unspecified atom stereocenters. The van der Waals surface area contributed by atoms with Crippen molar-refractivity contribution >= 4 is 33.7 Å². The Morgan fingerprint density at radius 1 is 1.12 bits per heavy atom. The average molecular weight is 349 g/mol. The summed E-state index contributed by atoms with van der Waals surface area (Å²) >= 11 is 1.63. The fourth-order valence-electron chi connectivity index (χ4n) is 2.95. The lowest BCUT2D eigenvalue weighted by Crippen LogP contribution is -2.21. The Hall–Kier alpha value is -2.53. The number of nitrogens with one attached hydrogen (secondary N) is 1. The van der Waals surface area contributed by atoms with Gasteiger partial charge in [-0.25, -0.2) is 4.98 Å². The summed E-state index contributed by atoms with van der Waals surface area (Å²) in [6.45, 7) is 4.17. The van der Waals surface area contributed by atoms with Crippen LogP contribution >= 0.6 is 11.8 Å². The molecule has 2 aromatic carbocycles. The van der Waals surface area contributed by atoms with Crippen LogP contribution in [0.25, 0.3) is 27.6 Å². The molecule has 0 saturated heterocycles. The quantitative estimate of drug-likeness (QED) is 0.430. The zero-order valence-corrected chi connectivity index (χ0v) is 15.1. The normalized spacial score (nSPS) is 11.4. The van der Waals surface area contributed by atoms with Gasteiger partial charge in [-0.1, -0.05) is 54.6 Å². The van der Waals surface area contributed by atoms with Gasteiger partial charge in [0.2, 0.25) is 0 Å². The van der Waals surface area contributed by atoms with Crippen molar-refractivity contribution in [1.29, 1.82) is 0 Å². The third-order valence-corrected chi connectivity index (χ3v) is 5.37. The third-order valence-electron chi connectivity index (χ3n) is 4.22. The van der Waals surface area contributed by atoms with E-state index in [1.807, 2.05) is 55.5 Å². The second-order valence-electron chi connectivity index (χ2n) is 6.11. The van der Waals surface area contributed by atoms with E-state index in [9.17, 15) is 4.79 Å². The molecule has 1 N–H and O–H groups in total. The molecule has 0 aliphatic heterocycles. The zero-order chi connectivity index (χ0) is 17.4. The van der Waals surface area contributed by atoms with Gasteiger partial charge in [-0.2, -0.15) is 0 Å². The molecule has 5 heteroatoms. The van der Waals surface area contributed by atoms with Gasteiger partial charge in [0.25, 0.3) is 5.56 Å². The topological polar surface area (TPSA) is 50.7 Å². The Labute approximate surface area is 149 Å². The highest BCUT2D eigenvalue weighted by Gasteiger charge is 2.16. The highest BCUT2D eigenvalue weighted by Crippen LogP contribution is 2.26. The number of hydrogen-bond acceptors (Lipinski definition) is 3. The van der Waals surface area contributed by atoms with Gasteiger partial charge in [-0.05, 0) is 31.5 Å². The average Bonchev–Trinajstić information content (AvgIpc) is 3.00. The van der Waals surface area contributed by atoms with Crippen molar-refractivity contribution in [2.45, 2.75) is 25.4 Å². The molecule has 2 heterocycles. The van der Waals surface area contributed by atoms with Crippen LogP contribution < -0.4 is 5.56 Å². The van der Waals surface area contributed by atoms with E-state index in [-0.39, 0.29) is 5.56 Å². The lowest BCUT2D eigenvalue weighted by atomic mass is 10.2. The number of benzene rings is 2. The van der Waals surface area contributed by atoms with E-state index < -0.39 is 0 Å². The molecule has 4 aromatic rings. The van der Waals surface area contributed by atoms with Crippen molar-refractivity contribution in [3.63, 3.8) is 0 Å². The summed E-state index contributed by atoms with van der Waals surface area (Å²) in [5.74, 6) is 0.923. The van der Waals surface area contributed by atoms with E-state index in [2.05, 4.69) is 11.9 Å². The van der Waals surface area contributed by atoms with E-state index >= 15 is 0 Å². The lowest BCUT2D eigenvalue weighted by Gasteiger charge is -2.12. The molecular weight excluding hydrogens is 330 g/mol. The summed E-state index contributed by atoms with van der Waals surface area (Å²) in [5.41, 5.74) is 4.21. The molecule has 4 rings (SSSR count). The van der Waals surface area contributed by atoms with Crippen molar-refractivity contribution < 1.29 is 0 Å². The minimum absolute atomic E-state index is 0.0522. The van der Waals surface area contributed by atoms with Crippen LogP contribution in [0.2, 0.25) is 0 Å². The Morgan fingerprint density at radius 3 is 2.64 bits per heavy atom. The second-order valence-corrected chi connectivity index (χ2v) is 7.18. The molecule has 2 aromatic heterocycles. The van der Waals surface area contributed by atoms with E-state index in [4.69, 9.17) is 4.98 Å². The van der Waals surface area contributed by atoms with Gasteiger partial charge in [-0.3, -0.25) is 9.36 Å². The van der Waals surface area contributed by atoms with Crippen molar-refractivity contribution in [2.24, 2.45) is 0 Å². The minimum Gasteiger partial charge on any atom is -0.349 e. The van der Waals surface area contributed by atoms with Crippen LogP contribution in [0.15, 0.2) is 58.5 Å². The first-order valence-corrected chi connectivity index (χ1v) is 9.41. The molecule has 0 radical (unpaired) electrons. The largest absolute Gasteiger partial charge is 0.349 e. The predicted molar refractivity (Wildman–Crippen MR) is 105 cm³/mol. The van der Waals surface area contributed by atoms with Gasteiger partial charge in [0.05, 0.1) is 5.69 Å². The maximum atomic E-state index is 13.2. The standard InChI is InChI=1S/C20H19N3OS/c1-3-12-25-20-22-17-15-6-4-5-7-16(15)21-18(17)19(24)23(20)14-10-8-13(2)9-11-14/h4-11,21H,3,12H2,1-2H3. The van der Waals surface area contributed by atoms with Gasteiger partial charge in [0, 0.05) is 16.7 Å². The highest BCUT2D eigenvalue weighted by molar-refractivity contribution is 7.99. The van der Waals surface area contributed by atoms with Crippen LogP contribution in [0.3, 0.4) is 0 Å². The summed E-state index contributed by atoms with van der Waals surface area (Å²) in [6.07, 6.45) is 1.03. The van der Waals surface area contributed by atoms with Crippen LogP contribution in [0.5, 0.6) is 0 Å². The fourth-order valence-corrected chi connectivity index (χ4v) is 3.81. The molecule has 4 nitrogen and oxygen atoms in total. The van der Waals surface area contributed by atoms with Crippen LogP contribution in [0.1, 0.15) is 18.9 Å². The van der Waals surface area contributed by atoms with Gasteiger partial charge >= 0.3 is 0 Å². The van der Waals surface area contributed by atoms with E-state index in [1.54, 1.807) is 16.3 Å². The molecule has 0 amide bonds. The summed E-state index contributed by atoms with van der Waals surface area (Å²) < 4.78 is 1.72. The maximum Gasteiger partial charge on any atom is 0.283 e. The van der Waals surface area contributed by atoms with E-state index in [0.29, 0.717) is 5.52 Å². The smallest absolute Gasteiger partial charge is 0.283 e. The number of aromatic amines is 1. The Morgan fingerprint density at radius 2 is 1.88 bits per heavy atom. The van der Waals surface area contributed by atoms with Gasteiger partial charge < -0.3 is 4.98 Å². The first-order chi connectivity index (χ1) is 12.2. The number of thioether (sulfide) groups is 1. The van der Waals surface area contributed by atoms with Crippen molar-refractivity contribution in [3.05, 3.63) is 64.4 Å². The number of para-hydroxylation sites is 1. The monoisotopic (exact) mass is 349 g/mol. The number of rotatable bonds is 4. The molecular formula is C20H19N3OS.